The third-order valence-corrected chi connectivity index (χ3v) is 3.69. The molecule has 2 aliphatic rings. The van der Waals surface area contributed by atoms with E-state index in [1.54, 1.807) is 0 Å². The van der Waals surface area contributed by atoms with Crippen molar-refractivity contribution in [1.82, 2.24) is 0 Å². The van der Waals surface area contributed by atoms with Crippen molar-refractivity contribution in [2.45, 2.75) is 35.0 Å². The van der Waals surface area contributed by atoms with Crippen molar-refractivity contribution in [1.29, 1.82) is 0 Å². The Morgan fingerprint density at radius 2 is 1.11 bits per heavy atom. The van der Waals surface area contributed by atoms with Gasteiger partial charge in [-0.05, 0) is 0 Å². The Morgan fingerprint density at radius 3 is 1.42 bits per heavy atom. The van der Waals surface area contributed by atoms with Crippen LogP contribution in [0.5, 0.6) is 0 Å². The summed E-state index contributed by atoms with van der Waals surface area (Å²) in [6.07, 6.45) is -0.404. The number of fused-ring (bicyclic) bond motifs is 2. The Bertz CT molecular complexity index is 454. The molecular formula is C9H4F10. The quantitative estimate of drug-likeness (QED) is 0.511. The molecular weight excluding hydrogens is 298 g/mol. The van der Waals surface area contributed by atoms with Crippen molar-refractivity contribution in [3.8, 4) is 0 Å². The van der Waals surface area contributed by atoms with E-state index in [2.05, 4.69) is 6.58 Å². The second-order valence-corrected chi connectivity index (χ2v) is 4.43. The van der Waals surface area contributed by atoms with Crippen molar-refractivity contribution < 1.29 is 43.9 Å². The van der Waals surface area contributed by atoms with Crippen LogP contribution in [0.2, 0.25) is 0 Å². The first-order chi connectivity index (χ1) is 8.19. The molecule has 0 spiro atoms. The van der Waals surface area contributed by atoms with Crippen LogP contribution in [-0.2, 0) is 0 Å². The lowest BCUT2D eigenvalue weighted by molar-refractivity contribution is -0.347. The zero-order valence-electron chi connectivity index (χ0n) is 8.64. The molecule has 2 fully saturated rings. The van der Waals surface area contributed by atoms with Gasteiger partial charge in [-0.15, -0.1) is 6.58 Å². The van der Waals surface area contributed by atoms with Gasteiger partial charge in [-0.25, -0.2) is 17.6 Å². The fourth-order valence-electron chi connectivity index (χ4n) is 2.67. The van der Waals surface area contributed by atoms with Gasteiger partial charge in [0.15, 0.2) is 0 Å². The van der Waals surface area contributed by atoms with Gasteiger partial charge in [0.25, 0.3) is 5.67 Å². The maximum Gasteiger partial charge on any atom is 0.359 e. The van der Waals surface area contributed by atoms with Crippen LogP contribution in [0.1, 0.15) is 0 Å². The van der Waals surface area contributed by atoms with E-state index in [1.165, 1.54) is 0 Å². The van der Waals surface area contributed by atoms with E-state index >= 15 is 0 Å². The molecule has 0 heterocycles. The summed E-state index contributed by atoms with van der Waals surface area (Å²) in [7, 11) is 0. The van der Waals surface area contributed by atoms with Crippen LogP contribution in [0.4, 0.5) is 43.9 Å². The summed E-state index contributed by atoms with van der Waals surface area (Å²) in [4.78, 5) is 0. The van der Waals surface area contributed by atoms with Crippen LogP contribution >= 0.6 is 0 Å². The number of allylic oxidation sites excluding steroid dienone is 1. The molecule has 10 heteroatoms. The minimum atomic E-state index is -6.57. The average molecular weight is 302 g/mol. The summed E-state index contributed by atoms with van der Waals surface area (Å²) in [5.41, 5.74) is -12.1. The highest BCUT2D eigenvalue weighted by molar-refractivity contribution is 5.44. The van der Waals surface area contributed by atoms with Gasteiger partial charge < -0.3 is 0 Å². The van der Waals surface area contributed by atoms with Gasteiger partial charge in [0, 0.05) is 0 Å². The molecule has 0 nitrogen and oxygen atoms in total. The number of halogens is 10. The SMILES string of the molecule is C=CC1C(F)(F)C2(F)C(F)(F)C(F)(F)C1(F)C2(F)F. The number of hydrogen-bond donors (Lipinski definition) is 0. The van der Waals surface area contributed by atoms with E-state index < -0.39 is 47.0 Å². The van der Waals surface area contributed by atoms with Crippen LogP contribution in [0.25, 0.3) is 0 Å². The summed E-state index contributed by atoms with van der Waals surface area (Å²) in [6, 6.07) is 0. The summed E-state index contributed by atoms with van der Waals surface area (Å²) in [5.74, 6) is -28.7. The highest BCUT2D eigenvalue weighted by Crippen LogP contribution is 2.81. The van der Waals surface area contributed by atoms with E-state index in [0.29, 0.717) is 0 Å². The Morgan fingerprint density at radius 1 is 0.684 bits per heavy atom. The van der Waals surface area contributed by atoms with Crippen molar-refractivity contribution in [2.75, 3.05) is 0 Å². The largest absolute Gasteiger partial charge is 0.359 e. The first-order valence-electron chi connectivity index (χ1n) is 4.71. The predicted octanol–water partition coefficient (Wildman–Crippen LogP) is 3.77. The van der Waals surface area contributed by atoms with Gasteiger partial charge in [0.2, 0.25) is 0 Å². The third kappa shape index (κ3) is 0.858. The van der Waals surface area contributed by atoms with E-state index in [4.69, 9.17) is 0 Å². The maximum atomic E-state index is 13.8. The van der Waals surface area contributed by atoms with Crippen LogP contribution in [0.3, 0.4) is 0 Å². The minimum absolute atomic E-state index is 0.404. The molecule has 2 aliphatic carbocycles. The number of hydrogen-bond acceptors (Lipinski definition) is 0. The monoisotopic (exact) mass is 302 g/mol. The van der Waals surface area contributed by atoms with Crippen molar-refractivity contribution in [3.05, 3.63) is 12.7 Å². The first kappa shape index (κ1) is 14.4. The molecule has 2 bridgehead atoms. The molecule has 3 atom stereocenters. The second-order valence-electron chi connectivity index (χ2n) is 4.43. The van der Waals surface area contributed by atoms with Crippen LogP contribution < -0.4 is 0 Å². The van der Waals surface area contributed by atoms with Gasteiger partial charge >= 0.3 is 29.4 Å². The highest BCUT2D eigenvalue weighted by Gasteiger charge is 3.11. The topological polar surface area (TPSA) is 0 Å². The molecule has 0 amide bonds. The van der Waals surface area contributed by atoms with Crippen LogP contribution in [-0.4, -0.2) is 35.0 Å². The van der Waals surface area contributed by atoms with Gasteiger partial charge in [0.05, 0.1) is 5.92 Å². The zero-order valence-corrected chi connectivity index (χ0v) is 8.64. The van der Waals surface area contributed by atoms with E-state index in [1.807, 2.05) is 0 Å². The van der Waals surface area contributed by atoms with Crippen molar-refractivity contribution in [2.24, 2.45) is 5.92 Å². The fraction of sp³-hybridized carbons (Fsp3) is 0.778. The smallest absolute Gasteiger partial charge is 0.229 e. The molecule has 19 heavy (non-hydrogen) atoms. The van der Waals surface area contributed by atoms with Gasteiger partial charge in [0.1, 0.15) is 0 Å². The zero-order chi connectivity index (χ0) is 15.3. The standard InChI is InChI=1S/C9H4F10/c1-2-3-4(10)7(14,15)6(13,5(3,11)12)9(18,19)8(4,16)17/h2-3H,1H2. The molecule has 0 aromatic carbocycles. The fourth-order valence-corrected chi connectivity index (χ4v) is 2.67. The van der Waals surface area contributed by atoms with E-state index in [-0.39, 0.29) is 0 Å². The average Bonchev–Trinajstić information content (AvgIpc) is 2.37. The van der Waals surface area contributed by atoms with Crippen molar-refractivity contribution in [3.63, 3.8) is 0 Å². The Hall–Kier alpha value is -0.960. The van der Waals surface area contributed by atoms with Crippen LogP contribution in [0.15, 0.2) is 12.7 Å². The molecule has 0 aromatic rings. The predicted molar refractivity (Wildman–Crippen MR) is 41.2 cm³/mol. The van der Waals surface area contributed by atoms with E-state index in [0.717, 1.165) is 0 Å². The summed E-state index contributed by atoms with van der Waals surface area (Å²) in [5, 5.41) is 0. The lowest BCUT2D eigenvalue weighted by atomic mass is 9.77. The van der Waals surface area contributed by atoms with Gasteiger partial charge in [-0.1, -0.05) is 6.08 Å². The van der Waals surface area contributed by atoms with Gasteiger partial charge in [-0.2, -0.15) is 26.3 Å². The molecule has 110 valence electrons. The van der Waals surface area contributed by atoms with Crippen LogP contribution in [0, 0.1) is 5.92 Å². The third-order valence-electron chi connectivity index (χ3n) is 3.69. The molecule has 0 aromatic heterocycles. The number of rotatable bonds is 1. The molecule has 0 aliphatic heterocycles. The summed E-state index contributed by atoms with van der Waals surface area (Å²) in [6.45, 7) is 2.41. The molecule has 2 saturated carbocycles. The minimum Gasteiger partial charge on any atom is -0.229 e. The first-order valence-corrected chi connectivity index (χ1v) is 4.71. The lowest BCUT2D eigenvalue weighted by Gasteiger charge is -2.41. The highest BCUT2D eigenvalue weighted by atomic mass is 19.3. The van der Waals surface area contributed by atoms with Gasteiger partial charge in [-0.3, -0.25) is 0 Å². The Balaban J connectivity index is 2.93. The molecule has 2 rings (SSSR count). The second kappa shape index (κ2) is 2.88. The normalized spacial score (nSPS) is 48.2. The molecule has 0 radical (unpaired) electrons. The maximum absolute atomic E-state index is 13.8. The summed E-state index contributed by atoms with van der Waals surface area (Å²) < 4.78 is 133. The molecule has 3 unspecified atom stereocenters. The Kier molecular flexibility index (Phi) is 2.19. The van der Waals surface area contributed by atoms with Crippen molar-refractivity contribution >= 4 is 0 Å². The molecule has 0 N–H and O–H groups in total. The molecule has 0 saturated heterocycles. The Labute approximate surface area is 98.6 Å². The van der Waals surface area contributed by atoms with E-state index in [9.17, 15) is 43.9 Å². The summed E-state index contributed by atoms with van der Waals surface area (Å²) >= 11 is 0. The lowest BCUT2D eigenvalue weighted by Crippen LogP contribution is -2.68. The number of alkyl halides is 10.